The standard InChI is InChI=1S/C9H15N3OS/c1-6-2-3-13-9(6)8(12-10)7-4-11-5-14-7/h4-6,8-9,12H,2-3,10H2,1H3. The van der Waals surface area contributed by atoms with Gasteiger partial charge in [0.15, 0.2) is 0 Å². The molecule has 4 nitrogen and oxygen atoms in total. The second kappa shape index (κ2) is 4.35. The molecule has 3 N–H and O–H groups in total. The average Bonchev–Trinajstić information content (AvgIpc) is 2.80. The summed E-state index contributed by atoms with van der Waals surface area (Å²) in [5.41, 5.74) is 4.64. The topological polar surface area (TPSA) is 60.2 Å². The molecular weight excluding hydrogens is 198 g/mol. The van der Waals surface area contributed by atoms with E-state index < -0.39 is 0 Å². The first-order chi connectivity index (χ1) is 6.83. The first-order valence-corrected chi connectivity index (χ1v) is 5.67. The van der Waals surface area contributed by atoms with Crippen LogP contribution in [0.15, 0.2) is 11.7 Å². The van der Waals surface area contributed by atoms with Gasteiger partial charge in [0.05, 0.1) is 17.7 Å². The Bertz CT molecular complexity index is 278. The maximum atomic E-state index is 5.68. The molecule has 1 aromatic heterocycles. The Labute approximate surface area is 87.4 Å². The summed E-state index contributed by atoms with van der Waals surface area (Å²) in [6.45, 7) is 3.03. The quantitative estimate of drug-likeness (QED) is 0.582. The van der Waals surface area contributed by atoms with Gasteiger partial charge in [-0.1, -0.05) is 6.92 Å². The summed E-state index contributed by atoms with van der Waals surface area (Å²) < 4.78 is 5.68. The van der Waals surface area contributed by atoms with Crippen LogP contribution in [0.5, 0.6) is 0 Å². The van der Waals surface area contributed by atoms with Crippen molar-refractivity contribution in [3.8, 4) is 0 Å². The Morgan fingerprint density at radius 1 is 1.79 bits per heavy atom. The van der Waals surface area contributed by atoms with Crippen molar-refractivity contribution >= 4 is 11.3 Å². The molecule has 1 aliphatic heterocycles. The zero-order valence-corrected chi connectivity index (χ0v) is 8.96. The van der Waals surface area contributed by atoms with Gasteiger partial charge in [0.1, 0.15) is 0 Å². The van der Waals surface area contributed by atoms with E-state index >= 15 is 0 Å². The van der Waals surface area contributed by atoms with Crippen molar-refractivity contribution in [3.05, 3.63) is 16.6 Å². The molecule has 0 bridgehead atoms. The largest absolute Gasteiger partial charge is 0.376 e. The molecule has 14 heavy (non-hydrogen) atoms. The predicted octanol–water partition coefficient (Wildman–Crippen LogP) is 1.07. The van der Waals surface area contributed by atoms with Crippen LogP contribution >= 0.6 is 11.3 Å². The highest BCUT2D eigenvalue weighted by Gasteiger charge is 2.33. The van der Waals surface area contributed by atoms with Crippen LogP contribution in [0.4, 0.5) is 0 Å². The number of nitrogens with zero attached hydrogens (tertiary/aromatic N) is 1. The zero-order chi connectivity index (χ0) is 9.97. The minimum absolute atomic E-state index is 0.0833. The SMILES string of the molecule is CC1CCOC1C(NN)c1cncs1. The number of aromatic nitrogens is 1. The first kappa shape index (κ1) is 10.0. The van der Waals surface area contributed by atoms with Gasteiger partial charge in [-0.2, -0.15) is 0 Å². The van der Waals surface area contributed by atoms with Crippen molar-refractivity contribution in [1.82, 2.24) is 10.4 Å². The molecule has 2 heterocycles. The normalized spacial score (nSPS) is 29.3. The first-order valence-electron chi connectivity index (χ1n) is 4.79. The molecular formula is C9H15N3OS. The van der Waals surface area contributed by atoms with E-state index in [1.54, 1.807) is 11.3 Å². The Balaban J connectivity index is 2.13. The Hall–Kier alpha value is -0.490. The Kier molecular flexibility index (Phi) is 3.12. The second-order valence-corrected chi connectivity index (χ2v) is 4.57. The van der Waals surface area contributed by atoms with Gasteiger partial charge in [0.2, 0.25) is 0 Å². The molecule has 3 atom stereocenters. The van der Waals surface area contributed by atoms with Gasteiger partial charge in [0, 0.05) is 17.7 Å². The van der Waals surface area contributed by atoms with E-state index in [9.17, 15) is 0 Å². The molecule has 1 fully saturated rings. The van der Waals surface area contributed by atoms with Crippen LogP contribution in [0.25, 0.3) is 0 Å². The summed E-state index contributed by atoms with van der Waals surface area (Å²) in [5, 5.41) is 0. The van der Waals surface area contributed by atoms with Crippen molar-refractivity contribution in [2.75, 3.05) is 6.61 Å². The van der Waals surface area contributed by atoms with E-state index in [1.165, 1.54) is 0 Å². The maximum Gasteiger partial charge on any atom is 0.0833 e. The van der Waals surface area contributed by atoms with E-state index in [0.29, 0.717) is 5.92 Å². The lowest BCUT2D eigenvalue weighted by Gasteiger charge is -2.23. The van der Waals surface area contributed by atoms with Crippen molar-refractivity contribution in [2.24, 2.45) is 11.8 Å². The number of hydrogen-bond donors (Lipinski definition) is 2. The van der Waals surface area contributed by atoms with Gasteiger partial charge in [-0.15, -0.1) is 11.3 Å². The molecule has 2 rings (SSSR count). The monoisotopic (exact) mass is 213 g/mol. The lowest BCUT2D eigenvalue weighted by atomic mass is 9.97. The summed E-state index contributed by atoms with van der Waals surface area (Å²) in [6, 6.07) is 0.0833. The lowest BCUT2D eigenvalue weighted by molar-refractivity contribution is 0.0617. The summed E-state index contributed by atoms with van der Waals surface area (Å²) >= 11 is 1.61. The number of hydrazine groups is 1. The Morgan fingerprint density at radius 3 is 3.14 bits per heavy atom. The fourth-order valence-electron chi connectivity index (χ4n) is 1.86. The van der Waals surface area contributed by atoms with Gasteiger partial charge in [0.25, 0.3) is 0 Å². The zero-order valence-electron chi connectivity index (χ0n) is 8.14. The molecule has 0 radical (unpaired) electrons. The van der Waals surface area contributed by atoms with Crippen molar-refractivity contribution in [3.63, 3.8) is 0 Å². The van der Waals surface area contributed by atoms with Crippen LogP contribution in [0.1, 0.15) is 24.3 Å². The third kappa shape index (κ3) is 1.81. The van der Waals surface area contributed by atoms with Crippen LogP contribution in [-0.2, 0) is 4.74 Å². The number of hydrogen-bond acceptors (Lipinski definition) is 5. The maximum absolute atomic E-state index is 5.68. The van der Waals surface area contributed by atoms with Crippen LogP contribution < -0.4 is 11.3 Å². The fourth-order valence-corrected chi connectivity index (χ4v) is 2.58. The molecule has 1 saturated heterocycles. The molecule has 1 aromatic rings. The van der Waals surface area contributed by atoms with Gasteiger partial charge in [-0.25, -0.2) is 5.43 Å². The molecule has 0 aliphatic carbocycles. The third-order valence-corrected chi connectivity index (χ3v) is 3.57. The van der Waals surface area contributed by atoms with Crippen molar-refractivity contribution in [2.45, 2.75) is 25.5 Å². The van der Waals surface area contributed by atoms with E-state index in [2.05, 4.69) is 17.3 Å². The highest BCUT2D eigenvalue weighted by Crippen LogP contribution is 2.32. The van der Waals surface area contributed by atoms with Crippen molar-refractivity contribution < 1.29 is 4.74 Å². The summed E-state index contributed by atoms with van der Waals surface area (Å²) in [4.78, 5) is 5.20. The van der Waals surface area contributed by atoms with E-state index in [4.69, 9.17) is 10.6 Å². The molecule has 3 unspecified atom stereocenters. The summed E-state index contributed by atoms with van der Waals surface area (Å²) in [6.07, 6.45) is 3.14. The number of nitrogens with two attached hydrogens (primary N) is 1. The van der Waals surface area contributed by atoms with Crippen LogP contribution in [0.3, 0.4) is 0 Å². The Morgan fingerprint density at radius 2 is 2.64 bits per heavy atom. The fraction of sp³-hybridized carbons (Fsp3) is 0.667. The van der Waals surface area contributed by atoms with Gasteiger partial charge in [-0.05, 0) is 12.3 Å². The molecule has 78 valence electrons. The van der Waals surface area contributed by atoms with E-state index in [-0.39, 0.29) is 12.1 Å². The van der Waals surface area contributed by atoms with Crippen LogP contribution in [0.2, 0.25) is 0 Å². The van der Waals surface area contributed by atoms with Gasteiger partial charge in [-0.3, -0.25) is 10.8 Å². The summed E-state index contributed by atoms with van der Waals surface area (Å²) in [7, 11) is 0. The molecule has 0 aromatic carbocycles. The number of rotatable bonds is 3. The average molecular weight is 213 g/mol. The molecule has 0 spiro atoms. The highest BCUT2D eigenvalue weighted by molar-refractivity contribution is 7.09. The van der Waals surface area contributed by atoms with Crippen LogP contribution in [0, 0.1) is 5.92 Å². The highest BCUT2D eigenvalue weighted by atomic mass is 32.1. The summed E-state index contributed by atoms with van der Waals surface area (Å²) in [5.74, 6) is 6.11. The minimum atomic E-state index is 0.0833. The van der Waals surface area contributed by atoms with Crippen LogP contribution in [-0.4, -0.2) is 17.7 Å². The van der Waals surface area contributed by atoms with Crippen molar-refractivity contribution in [1.29, 1.82) is 0 Å². The van der Waals surface area contributed by atoms with Gasteiger partial charge < -0.3 is 4.74 Å². The molecule has 5 heteroatoms. The smallest absolute Gasteiger partial charge is 0.0833 e. The predicted molar refractivity (Wildman–Crippen MR) is 55.7 cm³/mol. The van der Waals surface area contributed by atoms with Gasteiger partial charge >= 0.3 is 0 Å². The number of thiazole rings is 1. The van der Waals surface area contributed by atoms with E-state index in [0.717, 1.165) is 17.9 Å². The molecule has 0 saturated carbocycles. The molecule has 1 aliphatic rings. The lowest BCUT2D eigenvalue weighted by Crippen LogP contribution is -2.38. The minimum Gasteiger partial charge on any atom is -0.376 e. The number of nitrogens with one attached hydrogen (secondary N) is 1. The number of ether oxygens (including phenoxy) is 1. The van der Waals surface area contributed by atoms with E-state index in [1.807, 2.05) is 11.7 Å². The molecule has 0 amide bonds. The third-order valence-electron chi connectivity index (χ3n) is 2.71. The second-order valence-electron chi connectivity index (χ2n) is 3.65.